The fourth-order valence-corrected chi connectivity index (χ4v) is 2.47. The number of nitrogens with one attached hydrogen (secondary N) is 1. The number of carboxylic acid groups (broad SMARTS) is 1. The van der Waals surface area contributed by atoms with Crippen LogP contribution in [-0.2, 0) is 4.79 Å². The molecule has 1 heterocycles. The van der Waals surface area contributed by atoms with Crippen LogP contribution >= 0.6 is 0 Å². The Balaban J connectivity index is 2.36. The minimum Gasteiger partial charge on any atom is -0.480 e. The number of likely N-dealkylation sites (tertiary alicyclic amines) is 1. The summed E-state index contributed by atoms with van der Waals surface area (Å²) < 4.78 is 0. The van der Waals surface area contributed by atoms with E-state index in [1.165, 1.54) is 4.90 Å². The lowest BCUT2D eigenvalue weighted by molar-refractivity contribution is -0.138. The highest BCUT2D eigenvalue weighted by Crippen LogP contribution is 2.16. The van der Waals surface area contributed by atoms with Gasteiger partial charge in [0, 0.05) is 12.6 Å². The van der Waals surface area contributed by atoms with Gasteiger partial charge < -0.3 is 20.2 Å². The molecule has 0 unspecified atom stereocenters. The second kappa shape index (κ2) is 8.09. The van der Waals surface area contributed by atoms with E-state index < -0.39 is 5.97 Å². The third kappa shape index (κ3) is 5.36. The number of nitrogens with zero attached hydrogens (tertiary/aromatic N) is 2. The lowest BCUT2D eigenvalue weighted by atomic mass is 9.97. The third-order valence-corrected chi connectivity index (χ3v) is 3.89. The van der Waals surface area contributed by atoms with Crippen LogP contribution in [0.3, 0.4) is 0 Å². The standard InChI is InChI=1S/C14H27N3O3/c1-4-16-7-5-12(6-8-16)9-15-14(20)17(11(2)3)10-13(18)19/h11-12H,4-10H2,1-3H3,(H,15,20)(H,18,19). The Bertz CT molecular complexity index is 326. The summed E-state index contributed by atoms with van der Waals surface area (Å²) in [7, 11) is 0. The number of carboxylic acids is 1. The monoisotopic (exact) mass is 285 g/mol. The van der Waals surface area contributed by atoms with Crippen LogP contribution in [0.25, 0.3) is 0 Å². The van der Waals surface area contributed by atoms with Gasteiger partial charge in [-0.2, -0.15) is 0 Å². The zero-order valence-corrected chi connectivity index (χ0v) is 12.8. The summed E-state index contributed by atoms with van der Waals surface area (Å²) in [5.41, 5.74) is 0. The maximum Gasteiger partial charge on any atom is 0.323 e. The number of hydrogen-bond donors (Lipinski definition) is 2. The molecule has 6 nitrogen and oxygen atoms in total. The zero-order valence-electron chi connectivity index (χ0n) is 12.8. The van der Waals surface area contributed by atoms with Crippen molar-refractivity contribution in [3.05, 3.63) is 0 Å². The third-order valence-electron chi connectivity index (χ3n) is 3.89. The van der Waals surface area contributed by atoms with Crippen molar-refractivity contribution in [2.24, 2.45) is 5.92 Å². The van der Waals surface area contributed by atoms with Gasteiger partial charge in [0.2, 0.25) is 0 Å². The molecule has 0 aromatic carbocycles. The lowest BCUT2D eigenvalue weighted by Gasteiger charge is -2.32. The first kappa shape index (κ1) is 16.8. The van der Waals surface area contributed by atoms with E-state index in [1.54, 1.807) is 0 Å². The van der Waals surface area contributed by atoms with Crippen LogP contribution in [0, 0.1) is 5.92 Å². The van der Waals surface area contributed by atoms with Crippen molar-refractivity contribution in [1.82, 2.24) is 15.1 Å². The second-order valence-electron chi connectivity index (χ2n) is 5.68. The van der Waals surface area contributed by atoms with E-state index in [2.05, 4.69) is 17.1 Å². The van der Waals surface area contributed by atoms with Crippen molar-refractivity contribution in [2.75, 3.05) is 32.7 Å². The fraction of sp³-hybridized carbons (Fsp3) is 0.857. The minimum absolute atomic E-state index is 0.118. The van der Waals surface area contributed by atoms with Crippen molar-refractivity contribution in [3.63, 3.8) is 0 Å². The molecule has 0 bridgehead atoms. The molecular weight excluding hydrogens is 258 g/mol. The van der Waals surface area contributed by atoms with Crippen LogP contribution < -0.4 is 5.32 Å². The first-order valence-corrected chi connectivity index (χ1v) is 7.42. The Morgan fingerprint density at radius 1 is 1.35 bits per heavy atom. The summed E-state index contributed by atoms with van der Waals surface area (Å²) in [6.45, 7) is 9.44. The zero-order chi connectivity index (χ0) is 15.1. The van der Waals surface area contributed by atoms with E-state index >= 15 is 0 Å². The number of amides is 2. The molecule has 0 aromatic rings. The van der Waals surface area contributed by atoms with Gasteiger partial charge in [-0.15, -0.1) is 0 Å². The Kier molecular flexibility index (Phi) is 6.78. The Morgan fingerprint density at radius 3 is 2.40 bits per heavy atom. The van der Waals surface area contributed by atoms with E-state index in [9.17, 15) is 9.59 Å². The number of urea groups is 1. The molecule has 1 aliphatic rings. The molecule has 0 radical (unpaired) electrons. The topological polar surface area (TPSA) is 72.9 Å². The van der Waals surface area contributed by atoms with E-state index in [-0.39, 0.29) is 18.6 Å². The summed E-state index contributed by atoms with van der Waals surface area (Å²) in [6.07, 6.45) is 2.18. The van der Waals surface area contributed by atoms with Gasteiger partial charge >= 0.3 is 12.0 Å². The first-order valence-electron chi connectivity index (χ1n) is 7.42. The van der Waals surface area contributed by atoms with Gasteiger partial charge in [0.25, 0.3) is 0 Å². The van der Waals surface area contributed by atoms with Crippen LogP contribution in [0.15, 0.2) is 0 Å². The fourth-order valence-electron chi connectivity index (χ4n) is 2.47. The second-order valence-corrected chi connectivity index (χ2v) is 5.68. The molecule has 1 fully saturated rings. The SMILES string of the molecule is CCN1CCC(CNC(=O)N(CC(=O)O)C(C)C)CC1. The van der Waals surface area contributed by atoms with Crippen molar-refractivity contribution >= 4 is 12.0 Å². The van der Waals surface area contributed by atoms with E-state index in [0.717, 1.165) is 32.5 Å². The molecule has 1 aliphatic heterocycles. The van der Waals surface area contributed by atoms with Crippen molar-refractivity contribution in [2.45, 2.75) is 39.7 Å². The van der Waals surface area contributed by atoms with Gasteiger partial charge in [-0.1, -0.05) is 6.92 Å². The first-order chi connectivity index (χ1) is 9.43. The van der Waals surface area contributed by atoms with Gasteiger partial charge in [0.1, 0.15) is 6.54 Å². The van der Waals surface area contributed by atoms with Gasteiger partial charge in [0.05, 0.1) is 0 Å². The average Bonchev–Trinajstić information content (AvgIpc) is 2.42. The van der Waals surface area contributed by atoms with Gasteiger partial charge in [0.15, 0.2) is 0 Å². The maximum atomic E-state index is 12.0. The molecule has 6 heteroatoms. The number of hydrogen-bond acceptors (Lipinski definition) is 3. The molecule has 1 saturated heterocycles. The molecule has 2 amide bonds. The molecule has 0 saturated carbocycles. The molecule has 0 aliphatic carbocycles. The largest absolute Gasteiger partial charge is 0.480 e. The number of carbonyl (C=O) groups is 2. The van der Waals surface area contributed by atoms with Crippen molar-refractivity contribution in [1.29, 1.82) is 0 Å². The van der Waals surface area contributed by atoms with Gasteiger partial charge in [-0.05, 0) is 52.2 Å². The van der Waals surface area contributed by atoms with Crippen LogP contribution in [0.5, 0.6) is 0 Å². The number of aliphatic carboxylic acids is 1. The Morgan fingerprint density at radius 2 is 1.95 bits per heavy atom. The van der Waals surface area contributed by atoms with Gasteiger partial charge in [-0.3, -0.25) is 4.79 Å². The minimum atomic E-state index is -0.981. The summed E-state index contributed by atoms with van der Waals surface area (Å²) in [5, 5.41) is 11.7. The predicted octanol–water partition coefficient (Wildman–Crippen LogP) is 1.22. The normalized spacial score (nSPS) is 17.2. The van der Waals surface area contributed by atoms with Crippen LogP contribution in [0.1, 0.15) is 33.6 Å². The Labute approximate surface area is 121 Å². The molecule has 0 spiro atoms. The highest BCUT2D eigenvalue weighted by Gasteiger charge is 2.22. The van der Waals surface area contributed by atoms with E-state index in [1.807, 2.05) is 13.8 Å². The average molecular weight is 285 g/mol. The molecule has 0 atom stereocenters. The molecule has 20 heavy (non-hydrogen) atoms. The predicted molar refractivity (Wildman–Crippen MR) is 77.7 cm³/mol. The molecule has 1 rings (SSSR count). The summed E-state index contributed by atoms with van der Waals surface area (Å²) in [5.74, 6) is -0.481. The number of carbonyl (C=O) groups excluding carboxylic acids is 1. The van der Waals surface area contributed by atoms with Crippen LogP contribution in [-0.4, -0.2) is 65.7 Å². The van der Waals surface area contributed by atoms with Gasteiger partial charge in [-0.25, -0.2) is 4.79 Å². The smallest absolute Gasteiger partial charge is 0.323 e. The van der Waals surface area contributed by atoms with Crippen LogP contribution in [0.2, 0.25) is 0 Å². The molecule has 0 aromatic heterocycles. The summed E-state index contributed by atoms with van der Waals surface area (Å²) in [6, 6.07) is -0.395. The molecule has 116 valence electrons. The van der Waals surface area contributed by atoms with Crippen molar-refractivity contribution < 1.29 is 14.7 Å². The number of rotatable bonds is 6. The molecule has 2 N–H and O–H groups in total. The summed E-state index contributed by atoms with van der Waals surface area (Å²) in [4.78, 5) is 26.5. The van der Waals surface area contributed by atoms with Crippen LogP contribution in [0.4, 0.5) is 4.79 Å². The highest BCUT2D eigenvalue weighted by atomic mass is 16.4. The maximum absolute atomic E-state index is 12.0. The van der Waals surface area contributed by atoms with E-state index in [0.29, 0.717) is 12.5 Å². The Hall–Kier alpha value is -1.30. The highest BCUT2D eigenvalue weighted by molar-refractivity contribution is 5.80. The lowest BCUT2D eigenvalue weighted by Crippen LogP contribution is -2.48. The number of piperidine rings is 1. The summed E-state index contributed by atoms with van der Waals surface area (Å²) >= 11 is 0. The quantitative estimate of drug-likeness (QED) is 0.769. The van der Waals surface area contributed by atoms with Crippen molar-refractivity contribution in [3.8, 4) is 0 Å². The van der Waals surface area contributed by atoms with E-state index in [4.69, 9.17) is 5.11 Å². The molecular formula is C14H27N3O3.